The number of hydrogen-bond acceptors (Lipinski definition) is 3. The highest BCUT2D eigenvalue weighted by molar-refractivity contribution is 5.18. The van der Waals surface area contributed by atoms with E-state index >= 15 is 0 Å². The molecule has 0 unspecified atom stereocenters. The predicted octanol–water partition coefficient (Wildman–Crippen LogP) is 3.84. The van der Waals surface area contributed by atoms with Crippen LogP contribution in [0.2, 0.25) is 0 Å². The van der Waals surface area contributed by atoms with Crippen LogP contribution in [0.1, 0.15) is 29.3 Å². The maximum atomic E-state index is 5.70. The Balaban J connectivity index is 1.51. The fourth-order valence-electron chi connectivity index (χ4n) is 2.32. The highest BCUT2D eigenvalue weighted by atomic mass is 16.4. The van der Waals surface area contributed by atoms with Crippen molar-refractivity contribution >= 4 is 0 Å². The van der Waals surface area contributed by atoms with Gasteiger partial charge < -0.3 is 4.42 Å². The van der Waals surface area contributed by atoms with Crippen molar-refractivity contribution in [2.45, 2.75) is 25.7 Å². The standard InChI is InChI=1S/C18H18N2O/c1-3-8-15(9-4-1)12-7-13-17-19-20-18(21-17)14-16-10-5-2-6-11-16/h1-6,8-11H,7,12-14H2. The van der Waals surface area contributed by atoms with Crippen molar-refractivity contribution in [1.82, 2.24) is 10.2 Å². The molecule has 3 nitrogen and oxygen atoms in total. The molecule has 0 saturated heterocycles. The van der Waals surface area contributed by atoms with E-state index < -0.39 is 0 Å². The van der Waals surface area contributed by atoms with Gasteiger partial charge in [-0.1, -0.05) is 60.7 Å². The molecule has 0 fully saturated rings. The van der Waals surface area contributed by atoms with E-state index in [1.165, 1.54) is 11.1 Å². The number of aromatic nitrogens is 2. The zero-order valence-electron chi connectivity index (χ0n) is 11.9. The van der Waals surface area contributed by atoms with Gasteiger partial charge in [0.1, 0.15) is 0 Å². The highest BCUT2D eigenvalue weighted by Crippen LogP contribution is 2.11. The Morgan fingerprint density at radius 3 is 2.00 bits per heavy atom. The molecule has 106 valence electrons. The third kappa shape index (κ3) is 4.02. The Bertz CT molecular complexity index is 662. The largest absolute Gasteiger partial charge is 0.425 e. The summed E-state index contributed by atoms with van der Waals surface area (Å²) in [5.41, 5.74) is 2.54. The monoisotopic (exact) mass is 278 g/mol. The first-order valence-electron chi connectivity index (χ1n) is 7.29. The number of nitrogens with zero attached hydrogens (tertiary/aromatic N) is 2. The minimum absolute atomic E-state index is 0.691. The predicted molar refractivity (Wildman–Crippen MR) is 82.0 cm³/mol. The van der Waals surface area contributed by atoms with E-state index in [9.17, 15) is 0 Å². The van der Waals surface area contributed by atoms with E-state index in [-0.39, 0.29) is 0 Å². The summed E-state index contributed by atoms with van der Waals surface area (Å²) in [7, 11) is 0. The van der Waals surface area contributed by atoms with Gasteiger partial charge in [0.05, 0.1) is 6.42 Å². The summed E-state index contributed by atoms with van der Waals surface area (Å²) >= 11 is 0. The van der Waals surface area contributed by atoms with Crippen LogP contribution in [0.4, 0.5) is 0 Å². The van der Waals surface area contributed by atoms with Crippen molar-refractivity contribution in [1.29, 1.82) is 0 Å². The second-order valence-corrected chi connectivity index (χ2v) is 5.09. The summed E-state index contributed by atoms with van der Waals surface area (Å²) in [6.07, 6.45) is 3.59. The van der Waals surface area contributed by atoms with Crippen LogP contribution >= 0.6 is 0 Å². The number of rotatable bonds is 6. The molecule has 0 aliphatic heterocycles. The molecule has 1 heterocycles. The Labute approximate surface area is 124 Å². The van der Waals surface area contributed by atoms with Gasteiger partial charge in [-0.2, -0.15) is 0 Å². The molecule has 3 heteroatoms. The summed E-state index contributed by atoms with van der Waals surface area (Å²) in [6.45, 7) is 0. The van der Waals surface area contributed by atoms with Crippen LogP contribution < -0.4 is 0 Å². The zero-order chi connectivity index (χ0) is 14.3. The molecule has 0 amide bonds. The van der Waals surface area contributed by atoms with Gasteiger partial charge in [-0.05, 0) is 24.0 Å². The molecule has 1 aromatic heterocycles. The van der Waals surface area contributed by atoms with E-state index in [2.05, 4.69) is 46.6 Å². The molecule has 21 heavy (non-hydrogen) atoms. The first kappa shape index (κ1) is 13.6. The van der Waals surface area contributed by atoms with Gasteiger partial charge in [-0.15, -0.1) is 10.2 Å². The van der Waals surface area contributed by atoms with Gasteiger partial charge in [0, 0.05) is 6.42 Å². The van der Waals surface area contributed by atoms with E-state index in [1.807, 2.05) is 24.3 Å². The molecule has 3 aromatic rings. The Hall–Kier alpha value is -2.42. The molecule has 3 rings (SSSR count). The van der Waals surface area contributed by atoms with E-state index in [0.29, 0.717) is 12.3 Å². The van der Waals surface area contributed by atoms with Crippen LogP contribution in [-0.4, -0.2) is 10.2 Å². The van der Waals surface area contributed by atoms with Gasteiger partial charge >= 0.3 is 0 Å². The minimum Gasteiger partial charge on any atom is -0.425 e. The molecule has 0 spiro atoms. The zero-order valence-corrected chi connectivity index (χ0v) is 11.9. The first-order valence-corrected chi connectivity index (χ1v) is 7.29. The number of hydrogen-bond donors (Lipinski definition) is 0. The molecule has 0 atom stereocenters. The summed E-state index contributed by atoms with van der Waals surface area (Å²) < 4.78 is 5.70. The number of benzene rings is 2. The number of aryl methyl sites for hydroxylation is 2. The molecule has 0 N–H and O–H groups in total. The normalized spacial score (nSPS) is 10.7. The molecule has 0 aliphatic rings. The molecule has 0 bridgehead atoms. The maximum absolute atomic E-state index is 5.70. The van der Waals surface area contributed by atoms with Crippen molar-refractivity contribution in [2.75, 3.05) is 0 Å². The molecule has 0 radical (unpaired) electrons. The quantitative estimate of drug-likeness (QED) is 0.687. The van der Waals surface area contributed by atoms with Crippen LogP contribution in [-0.2, 0) is 19.3 Å². The van der Waals surface area contributed by atoms with Gasteiger partial charge in [-0.25, -0.2) is 0 Å². The fourth-order valence-corrected chi connectivity index (χ4v) is 2.32. The van der Waals surface area contributed by atoms with Crippen LogP contribution in [0.25, 0.3) is 0 Å². The summed E-state index contributed by atoms with van der Waals surface area (Å²) in [5.74, 6) is 1.42. The van der Waals surface area contributed by atoms with Crippen molar-refractivity contribution in [3.8, 4) is 0 Å². The van der Waals surface area contributed by atoms with Gasteiger partial charge in [0.15, 0.2) is 0 Å². The topological polar surface area (TPSA) is 38.9 Å². The Morgan fingerprint density at radius 2 is 1.29 bits per heavy atom. The lowest BCUT2D eigenvalue weighted by Gasteiger charge is -1.98. The summed E-state index contributed by atoms with van der Waals surface area (Å²) in [5, 5.41) is 8.25. The maximum Gasteiger partial charge on any atom is 0.220 e. The van der Waals surface area contributed by atoms with Crippen LogP contribution in [0.3, 0.4) is 0 Å². The highest BCUT2D eigenvalue weighted by Gasteiger charge is 2.06. The molecule has 0 aliphatic carbocycles. The lowest BCUT2D eigenvalue weighted by molar-refractivity contribution is 0.452. The summed E-state index contributed by atoms with van der Waals surface area (Å²) in [4.78, 5) is 0. The smallest absolute Gasteiger partial charge is 0.220 e. The summed E-state index contributed by atoms with van der Waals surface area (Å²) in [6, 6.07) is 20.7. The van der Waals surface area contributed by atoms with Crippen LogP contribution in [0.15, 0.2) is 65.1 Å². The molecular weight excluding hydrogens is 260 g/mol. The average molecular weight is 278 g/mol. The molecule has 2 aromatic carbocycles. The lowest BCUT2D eigenvalue weighted by Crippen LogP contribution is -1.90. The van der Waals surface area contributed by atoms with Crippen molar-refractivity contribution < 1.29 is 4.42 Å². The van der Waals surface area contributed by atoms with Gasteiger partial charge in [0.2, 0.25) is 11.8 Å². The van der Waals surface area contributed by atoms with Crippen molar-refractivity contribution in [2.24, 2.45) is 0 Å². The third-order valence-electron chi connectivity index (χ3n) is 3.41. The van der Waals surface area contributed by atoms with Crippen LogP contribution in [0, 0.1) is 0 Å². The van der Waals surface area contributed by atoms with E-state index in [1.54, 1.807) is 0 Å². The van der Waals surface area contributed by atoms with Crippen LogP contribution in [0.5, 0.6) is 0 Å². The lowest BCUT2D eigenvalue weighted by atomic mass is 10.1. The minimum atomic E-state index is 0.691. The van der Waals surface area contributed by atoms with E-state index in [4.69, 9.17) is 4.42 Å². The third-order valence-corrected chi connectivity index (χ3v) is 3.41. The molecule has 0 saturated carbocycles. The average Bonchev–Trinajstić information content (AvgIpc) is 2.97. The fraction of sp³-hybridized carbons (Fsp3) is 0.222. The van der Waals surface area contributed by atoms with Crippen molar-refractivity contribution in [3.05, 3.63) is 83.6 Å². The van der Waals surface area contributed by atoms with Gasteiger partial charge in [-0.3, -0.25) is 0 Å². The van der Waals surface area contributed by atoms with Crippen molar-refractivity contribution in [3.63, 3.8) is 0 Å². The Kier molecular flexibility index (Phi) is 4.42. The SMILES string of the molecule is c1ccc(CCCc2nnc(Cc3ccccc3)o2)cc1. The second kappa shape index (κ2) is 6.84. The molecular formula is C18H18N2O. The first-order chi connectivity index (χ1) is 10.4. The second-order valence-electron chi connectivity index (χ2n) is 5.09. The van der Waals surface area contributed by atoms with Gasteiger partial charge in [0.25, 0.3) is 0 Å². The van der Waals surface area contributed by atoms with E-state index in [0.717, 1.165) is 25.2 Å². The Morgan fingerprint density at radius 1 is 0.667 bits per heavy atom.